The molecule has 2 nitrogen and oxygen atoms in total. The van der Waals surface area contributed by atoms with Gasteiger partial charge < -0.3 is 5.11 Å². The van der Waals surface area contributed by atoms with Crippen molar-refractivity contribution < 1.29 is 13.9 Å². The van der Waals surface area contributed by atoms with E-state index in [1.807, 2.05) is 0 Å². The minimum absolute atomic E-state index is 0.0288. The highest BCUT2D eigenvalue weighted by atomic mass is 79.9. The summed E-state index contributed by atoms with van der Waals surface area (Å²) in [6, 6.07) is 1.14. The van der Waals surface area contributed by atoms with E-state index in [1.165, 1.54) is 0 Å². The Hall–Kier alpha value is -0.260. The molecule has 6 heteroatoms. The molecule has 1 aromatic heterocycles. The first-order chi connectivity index (χ1) is 6.60. The van der Waals surface area contributed by atoms with Crippen LogP contribution in [0, 0.1) is 0 Å². The van der Waals surface area contributed by atoms with Gasteiger partial charge in [-0.1, -0.05) is 27.5 Å². The zero-order chi connectivity index (χ0) is 10.7. The van der Waals surface area contributed by atoms with E-state index in [0.29, 0.717) is 11.0 Å². The summed E-state index contributed by atoms with van der Waals surface area (Å²) in [4.78, 5) is 3.82. The Morgan fingerprint density at radius 2 is 2.14 bits per heavy atom. The summed E-state index contributed by atoms with van der Waals surface area (Å²) in [5.74, 6) is 0. The van der Waals surface area contributed by atoms with Crippen LogP contribution >= 0.6 is 27.5 Å². The topological polar surface area (TPSA) is 33.1 Å². The quantitative estimate of drug-likeness (QED) is 0.866. The Kier molecular flexibility index (Phi) is 4.22. The summed E-state index contributed by atoms with van der Waals surface area (Å²) in [7, 11) is 0. The van der Waals surface area contributed by atoms with Crippen molar-refractivity contribution in [3.05, 3.63) is 28.0 Å². The lowest BCUT2D eigenvalue weighted by atomic mass is 10.2. The predicted octanol–water partition coefficient (Wildman–Crippen LogP) is 3.06. The molecule has 0 atom stereocenters. The maximum absolute atomic E-state index is 12.4. The molecule has 1 N–H and O–H groups in total. The molecule has 1 heterocycles. The van der Waals surface area contributed by atoms with E-state index in [4.69, 9.17) is 16.7 Å². The molecule has 14 heavy (non-hydrogen) atoms. The number of alkyl halides is 3. The van der Waals surface area contributed by atoms with Gasteiger partial charge in [-0.3, -0.25) is 4.98 Å². The van der Waals surface area contributed by atoms with Crippen LogP contribution in [0.25, 0.3) is 0 Å². The minimum Gasteiger partial charge on any atom is -0.390 e. The van der Waals surface area contributed by atoms with Gasteiger partial charge in [0.05, 0.1) is 23.0 Å². The van der Waals surface area contributed by atoms with E-state index < -0.39 is 13.0 Å². The van der Waals surface area contributed by atoms with Gasteiger partial charge in [-0.25, -0.2) is 8.78 Å². The zero-order valence-electron chi connectivity index (χ0n) is 6.98. The fourth-order valence-corrected chi connectivity index (χ4v) is 1.81. The second-order valence-corrected chi connectivity index (χ2v) is 3.51. The largest absolute Gasteiger partial charge is 0.390 e. The highest BCUT2D eigenvalue weighted by Gasteiger charge is 2.16. The minimum atomic E-state index is -2.67. The molecule has 0 aliphatic rings. The number of nitrogens with zero attached hydrogens (tertiary/aromatic N) is 1. The third kappa shape index (κ3) is 2.40. The molecule has 78 valence electrons. The van der Waals surface area contributed by atoms with Gasteiger partial charge >= 0.3 is 0 Å². The first-order valence-electron chi connectivity index (χ1n) is 3.73. The lowest BCUT2D eigenvalue weighted by Crippen LogP contribution is -2.02. The van der Waals surface area contributed by atoms with Crippen molar-refractivity contribution in [2.45, 2.75) is 18.4 Å². The van der Waals surface area contributed by atoms with Crippen LogP contribution in [-0.2, 0) is 11.9 Å². The van der Waals surface area contributed by atoms with Gasteiger partial charge in [0.2, 0.25) is 0 Å². The fraction of sp³-hybridized carbons (Fsp3) is 0.375. The first kappa shape index (κ1) is 11.8. The molecule has 0 spiro atoms. The van der Waals surface area contributed by atoms with Gasteiger partial charge in [0.1, 0.15) is 0 Å². The standard InChI is InChI=1S/C8H7BrClF2NO/c9-2-6-5(10)1-4(8(11)12)7(3-14)13-6/h1,8,14H,2-3H2. The van der Waals surface area contributed by atoms with Crippen LogP contribution < -0.4 is 0 Å². The van der Waals surface area contributed by atoms with Crippen LogP contribution in [0.5, 0.6) is 0 Å². The molecule has 0 radical (unpaired) electrons. The van der Waals surface area contributed by atoms with Crippen molar-refractivity contribution in [1.82, 2.24) is 4.98 Å². The lowest BCUT2D eigenvalue weighted by Gasteiger charge is -2.08. The summed E-state index contributed by atoms with van der Waals surface area (Å²) in [5.41, 5.74) is 0.0983. The van der Waals surface area contributed by atoms with Crippen LogP contribution in [0.2, 0.25) is 5.02 Å². The number of halogens is 4. The summed E-state index contributed by atoms with van der Waals surface area (Å²) in [6.07, 6.45) is -2.67. The van der Waals surface area contributed by atoms with Crippen molar-refractivity contribution in [1.29, 1.82) is 0 Å². The smallest absolute Gasteiger partial charge is 0.265 e. The molecule has 0 saturated heterocycles. The molecule has 1 rings (SSSR count). The van der Waals surface area contributed by atoms with Crippen LogP contribution in [0.15, 0.2) is 6.07 Å². The molecule has 0 bridgehead atoms. The van der Waals surface area contributed by atoms with Crippen molar-refractivity contribution in [2.24, 2.45) is 0 Å². The van der Waals surface area contributed by atoms with E-state index in [1.54, 1.807) is 0 Å². The zero-order valence-corrected chi connectivity index (χ0v) is 9.32. The van der Waals surface area contributed by atoms with Crippen LogP contribution in [0.3, 0.4) is 0 Å². The Labute approximate surface area is 93.0 Å². The fourth-order valence-electron chi connectivity index (χ4n) is 0.993. The molecule has 0 aliphatic heterocycles. The highest BCUT2D eigenvalue weighted by molar-refractivity contribution is 9.08. The molecular weight excluding hydrogens is 279 g/mol. The maximum atomic E-state index is 12.4. The predicted molar refractivity (Wildman–Crippen MR) is 52.8 cm³/mol. The van der Waals surface area contributed by atoms with Gasteiger partial charge in [0.15, 0.2) is 0 Å². The Morgan fingerprint density at radius 1 is 1.50 bits per heavy atom. The van der Waals surface area contributed by atoms with Crippen molar-refractivity contribution >= 4 is 27.5 Å². The Morgan fingerprint density at radius 3 is 2.57 bits per heavy atom. The van der Waals surface area contributed by atoms with E-state index >= 15 is 0 Å². The summed E-state index contributed by atoms with van der Waals surface area (Å²) in [6.45, 7) is -0.517. The van der Waals surface area contributed by atoms with Gasteiger partial charge in [0.25, 0.3) is 6.43 Å². The normalized spacial score (nSPS) is 11.0. The number of hydrogen-bond acceptors (Lipinski definition) is 2. The molecule has 0 saturated carbocycles. The summed E-state index contributed by atoms with van der Waals surface area (Å²) in [5, 5.41) is 9.36. The van der Waals surface area contributed by atoms with Crippen molar-refractivity contribution in [2.75, 3.05) is 0 Å². The number of hydrogen-bond donors (Lipinski definition) is 1. The van der Waals surface area contributed by atoms with Crippen molar-refractivity contribution in [3.63, 3.8) is 0 Å². The molecule has 0 amide bonds. The Balaban J connectivity index is 3.24. The monoisotopic (exact) mass is 285 g/mol. The molecule has 0 aromatic carbocycles. The lowest BCUT2D eigenvalue weighted by molar-refractivity contribution is 0.146. The third-order valence-electron chi connectivity index (χ3n) is 1.67. The number of aliphatic hydroxyl groups excluding tert-OH is 1. The van der Waals surface area contributed by atoms with E-state index in [9.17, 15) is 8.78 Å². The average Bonchev–Trinajstić information content (AvgIpc) is 2.17. The summed E-state index contributed by atoms with van der Waals surface area (Å²) < 4.78 is 24.8. The SMILES string of the molecule is OCc1nc(CBr)c(Cl)cc1C(F)F. The highest BCUT2D eigenvalue weighted by Crippen LogP contribution is 2.27. The molecule has 1 aromatic rings. The molecule has 0 aliphatic carbocycles. The average molecular weight is 287 g/mol. The number of rotatable bonds is 3. The van der Waals surface area contributed by atoms with E-state index in [2.05, 4.69) is 20.9 Å². The second-order valence-electron chi connectivity index (χ2n) is 2.55. The second kappa shape index (κ2) is 5.00. The number of aromatic nitrogens is 1. The molecule has 0 unspecified atom stereocenters. The van der Waals surface area contributed by atoms with Gasteiger partial charge in [-0.2, -0.15) is 0 Å². The van der Waals surface area contributed by atoms with Crippen molar-refractivity contribution in [3.8, 4) is 0 Å². The molecular formula is C8H7BrClF2NO. The maximum Gasteiger partial charge on any atom is 0.265 e. The van der Waals surface area contributed by atoms with Crippen LogP contribution in [0.1, 0.15) is 23.4 Å². The van der Waals surface area contributed by atoms with E-state index in [0.717, 1.165) is 6.07 Å². The molecule has 0 fully saturated rings. The first-order valence-corrected chi connectivity index (χ1v) is 5.23. The van der Waals surface area contributed by atoms with Gasteiger partial charge in [-0.15, -0.1) is 0 Å². The summed E-state index contributed by atoms with van der Waals surface area (Å²) >= 11 is 8.81. The van der Waals surface area contributed by atoms with Gasteiger partial charge in [0, 0.05) is 10.9 Å². The van der Waals surface area contributed by atoms with Gasteiger partial charge in [-0.05, 0) is 6.07 Å². The number of aliphatic hydroxyl groups is 1. The third-order valence-corrected chi connectivity index (χ3v) is 2.53. The van der Waals surface area contributed by atoms with Crippen LogP contribution in [-0.4, -0.2) is 10.1 Å². The Bertz CT molecular complexity index is 335. The van der Waals surface area contributed by atoms with E-state index in [-0.39, 0.29) is 16.3 Å². The number of pyridine rings is 1. The van der Waals surface area contributed by atoms with Crippen LogP contribution in [0.4, 0.5) is 8.78 Å².